The minimum Gasteiger partial charge on any atom is -0.324 e. The van der Waals surface area contributed by atoms with Crippen LogP contribution in [0.3, 0.4) is 0 Å². The van der Waals surface area contributed by atoms with Crippen molar-refractivity contribution in [3.8, 4) is 0 Å². The minimum atomic E-state index is -4.43. The summed E-state index contributed by atoms with van der Waals surface area (Å²) in [7, 11) is 0. The van der Waals surface area contributed by atoms with Crippen LogP contribution in [0, 0.1) is 0 Å². The van der Waals surface area contributed by atoms with Crippen molar-refractivity contribution >= 4 is 27.5 Å². The normalized spacial score (nSPS) is 19.7. The number of nitrogens with one attached hydrogen (secondary N) is 2. The first-order valence-electron chi connectivity index (χ1n) is 6.29. The molecule has 0 unspecified atom stereocenters. The van der Waals surface area contributed by atoms with E-state index >= 15 is 0 Å². The van der Waals surface area contributed by atoms with E-state index in [0.717, 1.165) is 31.5 Å². The van der Waals surface area contributed by atoms with Crippen molar-refractivity contribution < 1.29 is 18.0 Å². The monoisotopic (exact) mass is 350 g/mol. The third-order valence-corrected chi connectivity index (χ3v) is 3.87. The highest BCUT2D eigenvalue weighted by molar-refractivity contribution is 9.10. The largest absolute Gasteiger partial charge is 0.416 e. The number of carbonyl (C=O) groups is 1. The minimum absolute atomic E-state index is 0.136. The Morgan fingerprint density at radius 2 is 2.10 bits per heavy atom. The van der Waals surface area contributed by atoms with Gasteiger partial charge in [0.05, 0.1) is 17.3 Å². The molecule has 0 aromatic heterocycles. The summed E-state index contributed by atoms with van der Waals surface area (Å²) >= 11 is 3.15. The lowest BCUT2D eigenvalue weighted by Crippen LogP contribution is -2.43. The van der Waals surface area contributed by atoms with Crippen LogP contribution in [0.4, 0.5) is 18.9 Å². The number of benzene rings is 1. The van der Waals surface area contributed by atoms with Crippen molar-refractivity contribution in [1.29, 1.82) is 0 Å². The first-order valence-corrected chi connectivity index (χ1v) is 7.08. The van der Waals surface area contributed by atoms with E-state index in [1.807, 2.05) is 0 Å². The highest BCUT2D eigenvalue weighted by Gasteiger charge is 2.31. The van der Waals surface area contributed by atoms with Gasteiger partial charge in [-0.3, -0.25) is 4.79 Å². The Kier molecular flexibility index (Phi) is 4.70. The molecule has 0 aliphatic carbocycles. The Labute approximate surface area is 123 Å². The number of hydrogen-bond acceptors (Lipinski definition) is 2. The van der Waals surface area contributed by atoms with E-state index in [4.69, 9.17) is 0 Å². The van der Waals surface area contributed by atoms with Gasteiger partial charge in [0.25, 0.3) is 0 Å². The first-order chi connectivity index (χ1) is 9.38. The van der Waals surface area contributed by atoms with Crippen molar-refractivity contribution in [2.75, 3.05) is 11.9 Å². The fourth-order valence-electron chi connectivity index (χ4n) is 2.09. The van der Waals surface area contributed by atoms with Gasteiger partial charge in [-0.2, -0.15) is 13.2 Å². The van der Waals surface area contributed by atoms with Crippen molar-refractivity contribution in [1.82, 2.24) is 5.32 Å². The van der Waals surface area contributed by atoms with Gasteiger partial charge in [0.1, 0.15) is 0 Å². The maximum absolute atomic E-state index is 12.7. The fraction of sp³-hybridized carbons (Fsp3) is 0.462. The van der Waals surface area contributed by atoms with Gasteiger partial charge in [0, 0.05) is 4.47 Å². The zero-order chi connectivity index (χ0) is 14.8. The van der Waals surface area contributed by atoms with Gasteiger partial charge >= 0.3 is 6.18 Å². The van der Waals surface area contributed by atoms with Gasteiger partial charge in [0.2, 0.25) is 5.91 Å². The molecule has 1 aromatic rings. The molecule has 0 radical (unpaired) electrons. The number of amides is 1. The van der Waals surface area contributed by atoms with Crippen LogP contribution in [-0.4, -0.2) is 18.5 Å². The molecule has 7 heteroatoms. The van der Waals surface area contributed by atoms with E-state index < -0.39 is 11.7 Å². The van der Waals surface area contributed by atoms with Crippen molar-refractivity contribution in [2.24, 2.45) is 0 Å². The third kappa shape index (κ3) is 3.73. The summed E-state index contributed by atoms with van der Waals surface area (Å²) in [4.78, 5) is 12.0. The van der Waals surface area contributed by atoms with Crippen molar-refractivity contribution in [3.63, 3.8) is 0 Å². The van der Waals surface area contributed by atoms with Gasteiger partial charge in [-0.1, -0.05) is 6.42 Å². The van der Waals surface area contributed by atoms with Crippen LogP contribution in [-0.2, 0) is 11.0 Å². The quantitative estimate of drug-likeness (QED) is 0.856. The molecular formula is C13H14BrF3N2O. The van der Waals surface area contributed by atoms with Gasteiger partial charge in [-0.25, -0.2) is 0 Å². The summed E-state index contributed by atoms with van der Waals surface area (Å²) in [6.45, 7) is 0.752. The second kappa shape index (κ2) is 6.13. The summed E-state index contributed by atoms with van der Waals surface area (Å²) in [5, 5.41) is 5.60. The van der Waals surface area contributed by atoms with Gasteiger partial charge < -0.3 is 10.6 Å². The van der Waals surface area contributed by atoms with Crippen LogP contribution < -0.4 is 10.6 Å². The zero-order valence-electron chi connectivity index (χ0n) is 10.6. The molecular weight excluding hydrogens is 337 g/mol. The number of carbonyl (C=O) groups excluding carboxylic acids is 1. The molecule has 3 nitrogen and oxygen atoms in total. The van der Waals surface area contributed by atoms with Gasteiger partial charge in [-0.05, 0) is 53.5 Å². The number of hydrogen-bond donors (Lipinski definition) is 2. The second-order valence-electron chi connectivity index (χ2n) is 4.68. The molecule has 1 heterocycles. The topological polar surface area (TPSA) is 41.1 Å². The SMILES string of the molecule is O=C(Nc1cc(C(F)(F)F)ccc1Br)[C@H]1CCCCN1. The Morgan fingerprint density at radius 1 is 1.35 bits per heavy atom. The number of anilines is 1. The molecule has 2 rings (SSSR count). The molecule has 0 saturated carbocycles. The van der Waals surface area contributed by atoms with Gasteiger partial charge in [-0.15, -0.1) is 0 Å². The lowest BCUT2D eigenvalue weighted by atomic mass is 10.0. The standard InChI is InChI=1S/C13H14BrF3N2O/c14-9-5-4-8(13(15,16)17)7-11(9)19-12(20)10-3-1-2-6-18-10/h4-5,7,10,18H,1-3,6H2,(H,19,20)/t10-/m1/s1. The molecule has 2 N–H and O–H groups in total. The smallest absolute Gasteiger partial charge is 0.324 e. The molecule has 1 fully saturated rings. The molecule has 0 bridgehead atoms. The average Bonchev–Trinajstić information content (AvgIpc) is 2.41. The average molecular weight is 351 g/mol. The predicted octanol–water partition coefficient (Wildman–Crippen LogP) is 3.55. The Bertz CT molecular complexity index is 499. The number of alkyl halides is 3. The van der Waals surface area contributed by atoms with Crippen LogP contribution in [0.1, 0.15) is 24.8 Å². The predicted molar refractivity (Wildman–Crippen MR) is 73.4 cm³/mol. The van der Waals surface area contributed by atoms with Gasteiger partial charge in [0.15, 0.2) is 0 Å². The summed E-state index contributed by atoms with van der Waals surface area (Å²) in [5.74, 6) is -0.301. The summed E-state index contributed by atoms with van der Waals surface area (Å²) in [6.07, 6.45) is -1.78. The van der Waals surface area contributed by atoms with Crippen LogP contribution in [0.15, 0.2) is 22.7 Å². The number of halogens is 4. The molecule has 1 saturated heterocycles. The van der Waals surface area contributed by atoms with Crippen molar-refractivity contribution in [3.05, 3.63) is 28.2 Å². The number of piperidine rings is 1. The molecule has 20 heavy (non-hydrogen) atoms. The van der Waals surface area contributed by atoms with Crippen LogP contribution >= 0.6 is 15.9 Å². The first kappa shape index (κ1) is 15.3. The van der Waals surface area contributed by atoms with E-state index in [2.05, 4.69) is 26.6 Å². The van der Waals surface area contributed by atoms with E-state index in [0.29, 0.717) is 10.9 Å². The van der Waals surface area contributed by atoms with Crippen molar-refractivity contribution in [2.45, 2.75) is 31.5 Å². The molecule has 0 spiro atoms. The van der Waals surface area contributed by atoms with E-state index in [1.165, 1.54) is 6.07 Å². The highest BCUT2D eigenvalue weighted by Crippen LogP contribution is 2.34. The maximum Gasteiger partial charge on any atom is 0.416 e. The molecule has 1 amide bonds. The highest BCUT2D eigenvalue weighted by atomic mass is 79.9. The Balaban J connectivity index is 2.13. The molecule has 1 aliphatic heterocycles. The Morgan fingerprint density at radius 3 is 2.70 bits per heavy atom. The third-order valence-electron chi connectivity index (χ3n) is 3.18. The van der Waals surface area contributed by atoms with E-state index in [-0.39, 0.29) is 17.6 Å². The zero-order valence-corrected chi connectivity index (χ0v) is 12.1. The van der Waals surface area contributed by atoms with Crippen LogP contribution in [0.25, 0.3) is 0 Å². The van der Waals surface area contributed by atoms with Crippen LogP contribution in [0.2, 0.25) is 0 Å². The lowest BCUT2D eigenvalue weighted by Gasteiger charge is -2.23. The fourth-order valence-corrected chi connectivity index (χ4v) is 2.44. The molecule has 1 aliphatic rings. The summed E-state index contributed by atoms with van der Waals surface area (Å²) < 4.78 is 38.4. The van der Waals surface area contributed by atoms with E-state index in [1.54, 1.807) is 0 Å². The molecule has 110 valence electrons. The Hall–Kier alpha value is -1.08. The van der Waals surface area contributed by atoms with E-state index in [9.17, 15) is 18.0 Å². The number of rotatable bonds is 2. The molecule has 1 atom stereocenters. The second-order valence-corrected chi connectivity index (χ2v) is 5.54. The summed E-state index contributed by atoms with van der Waals surface area (Å²) in [6, 6.07) is 2.85. The van der Waals surface area contributed by atoms with Crippen LogP contribution in [0.5, 0.6) is 0 Å². The molecule has 1 aromatic carbocycles. The summed E-state index contributed by atoms with van der Waals surface area (Å²) in [5.41, 5.74) is -0.648. The lowest BCUT2D eigenvalue weighted by molar-refractivity contribution is -0.137. The maximum atomic E-state index is 12.7.